The van der Waals surface area contributed by atoms with Crippen LogP contribution in [0.4, 0.5) is 0 Å². The van der Waals surface area contributed by atoms with Crippen molar-refractivity contribution in [3.05, 3.63) is 205 Å². The van der Waals surface area contributed by atoms with Gasteiger partial charge in [0.05, 0.1) is 11.0 Å². The molecule has 0 spiro atoms. The molecule has 5 heteroatoms. The molecule has 3 heterocycles. The number of fused-ring (bicyclic) bond motifs is 10. The van der Waals surface area contributed by atoms with Crippen LogP contribution in [-0.4, -0.2) is 19.5 Å². The van der Waals surface area contributed by atoms with E-state index in [1.807, 2.05) is 68.4 Å². The first-order valence-electron chi connectivity index (χ1n) is 22.5. The van der Waals surface area contributed by atoms with E-state index in [1.165, 1.54) is 54.9 Å². The van der Waals surface area contributed by atoms with Gasteiger partial charge in [-0.25, -0.2) is 15.0 Å². The molecule has 0 N–H and O–H groups in total. The summed E-state index contributed by atoms with van der Waals surface area (Å²) in [5.41, 5.74) is 15.3. The Balaban J connectivity index is 0.00000219. The number of para-hydroxylation sites is 2. The molecule has 13 rings (SSSR count). The second-order valence-corrected chi connectivity index (χ2v) is 17.2. The molecule has 0 fully saturated rings. The third kappa shape index (κ3) is 6.11. The Morgan fingerprint density at radius 1 is 0.400 bits per heavy atom. The summed E-state index contributed by atoms with van der Waals surface area (Å²) < 4.78 is 8.76. The van der Waals surface area contributed by atoms with Crippen molar-refractivity contribution in [1.82, 2.24) is 19.5 Å². The lowest BCUT2D eigenvalue weighted by Gasteiger charge is -2.22. The molecule has 0 saturated carbocycles. The molecule has 1 aliphatic rings. The molecule has 0 aliphatic heterocycles. The predicted molar refractivity (Wildman–Crippen MR) is 270 cm³/mol. The smallest absolute Gasteiger partial charge is 0.164 e. The van der Waals surface area contributed by atoms with Gasteiger partial charge in [0.15, 0.2) is 17.5 Å². The second kappa shape index (κ2) is 15.0. The van der Waals surface area contributed by atoms with Crippen molar-refractivity contribution in [2.45, 2.75) is 33.1 Å². The Bertz CT molecular complexity index is 3840. The van der Waals surface area contributed by atoms with Crippen molar-refractivity contribution in [2.24, 2.45) is 0 Å². The summed E-state index contributed by atoms with van der Waals surface area (Å²) in [4.78, 5) is 15.4. The van der Waals surface area contributed by atoms with E-state index in [-0.39, 0.29) is 5.41 Å². The fourth-order valence-corrected chi connectivity index (χ4v) is 10.1. The standard InChI is InChI=1S/C58H38N4O.C2H6/c1-58(2)49-24-10-8-20-43(49)44-28-26-38(32-50(44)58)42-22-13-23-47-48-31-36-16-6-7-17-37(36)33-51(48)62(54(42)47)41-19-12-18-39(30-41)56-59-55(35-14-4-3-5-15-35)60-57(61-56)40-27-29-46-45-21-9-11-25-52(45)63-53(46)34-40;1-2/h3-34H,1-2H3;1-2H3. The van der Waals surface area contributed by atoms with Gasteiger partial charge >= 0.3 is 0 Å². The lowest BCUT2D eigenvalue weighted by molar-refractivity contribution is 0.660. The van der Waals surface area contributed by atoms with Crippen LogP contribution in [0.15, 0.2) is 199 Å². The second-order valence-electron chi connectivity index (χ2n) is 17.2. The minimum Gasteiger partial charge on any atom is -0.456 e. The molecule has 0 amide bonds. The van der Waals surface area contributed by atoms with E-state index in [0.29, 0.717) is 17.5 Å². The SMILES string of the molecule is CC.CC1(C)c2ccccc2-c2ccc(-c3cccc4c5cc6ccccc6cc5n(-c5cccc(-c6nc(-c7ccccc7)nc(-c7ccc8c(c7)oc7ccccc78)n6)c5)c34)cc21. The monoisotopic (exact) mass is 836 g/mol. The van der Waals surface area contributed by atoms with E-state index in [4.69, 9.17) is 19.4 Å². The molecule has 0 unspecified atom stereocenters. The van der Waals surface area contributed by atoms with E-state index in [0.717, 1.165) is 55.3 Å². The van der Waals surface area contributed by atoms with Gasteiger partial charge in [0, 0.05) is 54.9 Å². The van der Waals surface area contributed by atoms with Crippen molar-refractivity contribution in [3.63, 3.8) is 0 Å². The van der Waals surface area contributed by atoms with E-state index in [9.17, 15) is 0 Å². The average molecular weight is 837 g/mol. The maximum atomic E-state index is 6.31. The maximum absolute atomic E-state index is 6.31. The van der Waals surface area contributed by atoms with Crippen LogP contribution in [0.1, 0.15) is 38.8 Å². The van der Waals surface area contributed by atoms with Gasteiger partial charge in [0.2, 0.25) is 0 Å². The molecule has 1 aliphatic carbocycles. The van der Waals surface area contributed by atoms with E-state index in [2.05, 4.69) is 158 Å². The van der Waals surface area contributed by atoms with Crippen molar-refractivity contribution in [1.29, 1.82) is 0 Å². The summed E-state index contributed by atoms with van der Waals surface area (Å²) in [7, 11) is 0. The number of rotatable bonds is 5. The Morgan fingerprint density at radius 2 is 1.00 bits per heavy atom. The fourth-order valence-electron chi connectivity index (χ4n) is 10.1. The molecule has 0 radical (unpaired) electrons. The van der Waals surface area contributed by atoms with Gasteiger partial charge in [-0.1, -0.05) is 173 Å². The Kier molecular flexibility index (Phi) is 8.89. The lowest BCUT2D eigenvalue weighted by atomic mass is 9.81. The molecular formula is C60H44N4O. The van der Waals surface area contributed by atoms with Crippen molar-refractivity contribution < 1.29 is 4.42 Å². The van der Waals surface area contributed by atoms with Crippen molar-refractivity contribution in [2.75, 3.05) is 0 Å². The third-order valence-electron chi connectivity index (χ3n) is 13.2. The molecule has 9 aromatic carbocycles. The molecule has 310 valence electrons. The Morgan fingerprint density at radius 3 is 1.83 bits per heavy atom. The van der Waals surface area contributed by atoms with Gasteiger partial charge < -0.3 is 8.98 Å². The first-order valence-corrected chi connectivity index (χ1v) is 22.5. The first-order chi connectivity index (χ1) is 32.0. The number of hydrogen-bond acceptors (Lipinski definition) is 4. The summed E-state index contributed by atoms with van der Waals surface area (Å²) in [5, 5.41) is 6.97. The molecule has 0 saturated heterocycles. The molecule has 0 atom stereocenters. The summed E-state index contributed by atoms with van der Waals surface area (Å²) >= 11 is 0. The predicted octanol–water partition coefficient (Wildman–Crippen LogP) is 16.0. The highest BCUT2D eigenvalue weighted by atomic mass is 16.3. The van der Waals surface area contributed by atoms with Gasteiger partial charge in [0.25, 0.3) is 0 Å². The molecule has 5 nitrogen and oxygen atoms in total. The van der Waals surface area contributed by atoms with Crippen LogP contribution < -0.4 is 0 Å². The largest absolute Gasteiger partial charge is 0.456 e. The van der Waals surface area contributed by atoms with E-state index in [1.54, 1.807) is 0 Å². The fraction of sp³-hybridized carbons (Fsp3) is 0.0833. The zero-order chi connectivity index (χ0) is 43.8. The average Bonchev–Trinajstić information content (AvgIpc) is 3.98. The number of benzene rings is 9. The highest BCUT2D eigenvalue weighted by molar-refractivity contribution is 6.17. The van der Waals surface area contributed by atoms with Gasteiger partial charge in [-0.05, 0) is 87.1 Å². The quantitative estimate of drug-likeness (QED) is 0.173. The highest BCUT2D eigenvalue weighted by Crippen LogP contribution is 2.50. The number of hydrogen-bond donors (Lipinski definition) is 0. The van der Waals surface area contributed by atoms with Gasteiger partial charge in [0.1, 0.15) is 11.2 Å². The third-order valence-corrected chi connectivity index (χ3v) is 13.2. The van der Waals surface area contributed by atoms with E-state index >= 15 is 0 Å². The van der Waals surface area contributed by atoms with Crippen molar-refractivity contribution >= 4 is 54.5 Å². The summed E-state index contributed by atoms with van der Waals surface area (Å²) in [5.74, 6) is 1.79. The van der Waals surface area contributed by atoms with Crippen LogP contribution in [-0.2, 0) is 5.41 Å². The van der Waals surface area contributed by atoms with Crippen LogP contribution in [0.3, 0.4) is 0 Å². The van der Waals surface area contributed by atoms with E-state index < -0.39 is 0 Å². The minimum atomic E-state index is -0.117. The molecule has 3 aromatic heterocycles. The Labute approximate surface area is 377 Å². The zero-order valence-corrected chi connectivity index (χ0v) is 36.7. The van der Waals surface area contributed by atoms with Crippen LogP contribution >= 0.6 is 0 Å². The van der Waals surface area contributed by atoms with Crippen LogP contribution in [0.5, 0.6) is 0 Å². The van der Waals surface area contributed by atoms with Gasteiger partial charge in [-0.3, -0.25) is 0 Å². The molecule has 12 aromatic rings. The maximum Gasteiger partial charge on any atom is 0.164 e. The topological polar surface area (TPSA) is 56.7 Å². The molecule has 0 bridgehead atoms. The number of nitrogens with zero attached hydrogens (tertiary/aromatic N) is 4. The molecular weight excluding hydrogens is 793 g/mol. The lowest BCUT2D eigenvalue weighted by Crippen LogP contribution is -2.14. The summed E-state index contributed by atoms with van der Waals surface area (Å²) in [6.45, 7) is 8.70. The number of aromatic nitrogens is 4. The van der Waals surface area contributed by atoms with Crippen LogP contribution in [0, 0.1) is 0 Å². The first kappa shape index (κ1) is 38.5. The molecule has 65 heavy (non-hydrogen) atoms. The van der Waals surface area contributed by atoms with Crippen LogP contribution in [0.2, 0.25) is 0 Å². The van der Waals surface area contributed by atoms with Gasteiger partial charge in [-0.15, -0.1) is 0 Å². The van der Waals surface area contributed by atoms with Crippen LogP contribution in [0.25, 0.3) is 117 Å². The highest BCUT2D eigenvalue weighted by Gasteiger charge is 2.35. The normalized spacial score (nSPS) is 12.7. The zero-order valence-electron chi connectivity index (χ0n) is 36.7. The van der Waals surface area contributed by atoms with Gasteiger partial charge in [-0.2, -0.15) is 0 Å². The number of furan rings is 1. The minimum absolute atomic E-state index is 0.117. The summed E-state index contributed by atoms with van der Waals surface area (Å²) in [6, 6.07) is 69.2. The van der Waals surface area contributed by atoms with Crippen molar-refractivity contribution in [3.8, 4) is 62.1 Å². The summed E-state index contributed by atoms with van der Waals surface area (Å²) in [6.07, 6.45) is 0. The Hall–Kier alpha value is -8.15.